The second-order valence-corrected chi connectivity index (χ2v) is 6.22. The minimum Gasteiger partial charge on any atom is -0.337 e. The van der Waals surface area contributed by atoms with Crippen LogP contribution < -0.4 is 5.32 Å². The molecule has 1 amide bonds. The smallest absolute Gasteiger partial charge is 0.249 e. The van der Waals surface area contributed by atoms with E-state index in [1.54, 1.807) is 0 Å². The molecule has 4 rings (SSSR count). The predicted molar refractivity (Wildman–Crippen MR) is 84.4 cm³/mol. The van der Waals surface area contributed by atoms with Crippen LogP contribution in [0.2, 0.25) is 0 Å². The molecule has 120 valence electrons. The van der Waals surface area contributed by atoms with E-state index in [2.05, 4.69) is 15.5 Å². The quantitative estimate of drug-likeness (QED) is 0.938. The van der Waals surface area contributed by atoms with Gasteiger partial charge in [0, 0.05) is 25.2 Å². The SMILES string of the molecule is O=C(C1CNC1)N1CCCCC1c1nc(-c2ccccc2)no1. The summed E-state index contributed by atoms with van der Waals surface area (Å²) in [7, 11) is 0. The lowest BCUT2D eigenvalue weighted by molar-refractivity contribution is -0.141. The number of carbonyl (C=O) groups excluding carboxylic acids is 1. The molecular weight excluding hydrogens is 292 g/mol. The van der Waals surface area contributed by atoms with Gasteiger partial charge in [0.25, 0.3) is 0 Å². The molecule has 1 aromatic carbocycles. The Morgan fingerprint density at radius 3 is 2.78 bits per heavy atom. The third-order valence-corrected chi connectivity index (χ3v) is 4.68. The van der Waals surface area contributed by atoms with Crippen LogP contribution in [0.5, 0.6) is 0 Å². The van der Waals surface area contributed by atoms with E-state index >= 15 is 0 Å². The normalized spacial score (nSPS) is 21.9. The van der Waals surface area contributed by atoms with E-state index in [-0.39, 0.29) is 17.9 Å². The molecule has 3 heterocycles. The highest BCUT2D eigenvalue weighted by molar-refractivity contribution is 5.80. The average Bonchev–Trinajstić information content (AvgIpc) is 3.04. The third kappa shape index (κ3) is 2.74. The standard InChI is InChI=1S/C17H20N4O2/c22-17(13-10-18-11-13)21-9-5-4-8-14(21)16-19-15(20-23-16)12-6-2-1-3-7-12/h1-3,6-7,13-14,18H,4-5,8-11H2. The Bertz CT molecular complexity index is 681. The fourth-order valence-corrected chi connectivity index (χ4v) is 3.22. The first-order valence-corrected chi connectivity index (χ1v) is 8.23. The van der Waals surface area contributed by atoms with Gasteiger partial charge >= 0.3 is 0 Å². The molecular formula is C17H20N4O2. The lowest BCUT2D eigenvalue weighted by Gasteiger charge is -2.38. The molecule has 2 saturated heterocycles. The number of likely N-dealkylation sites (tertiary alicyclic amines) is 1. The molecule has 2 aliphatic rings. The first-order valence-electron chi connectivity index (χ1n) is 8.23. The summed E-state index contributed by atoms with van der Waals surface area (Å²) in [5.41, 5.74) is 0.930. The molecule has 0 bridgehead atoms. The maximum atomic E-state index is 12.6. The van der Waals surface area contributed by atoms with Crippen LogP contribution in [0.25, 0.3) is 11.4 Å². The van der Waals surface area contributed by atoms with Gasteiger partial charge in [0.15, 0.2) is 0 Å². The maximum Gasteiger partial charge on any atom is 0.249 e. The molecule has 2 aliphatic heterocycles. The zero-order valence-electron chi connectivity index (χ0n) is 12.9. The van der Waals surface area contributed by atoms with Gasteiger partial charge < -0.3 is 14.7 Å². The van der Waals surface area contributed by atoms with Gasteiger partial charge in [-0.2, -0.15) is 4.98 Å². The average molecular weight is 312 g/mol. The van der Waals surface area contributed by atoms with Crippen molar-refractivity contribution in [3.8, 4) is 11.4 Å². The zero-order valence-corrected chi connectivity index (χ0v) is 12.9. The van der Waals surface area contributed by atoms with Crippen LogP contribution in [0.3, 0.4) is 0 Å². The van der Waals surface area contributed by atoms with Crippen molar-refractivity contribution in [2.24, 2.45) is 5.92 Å². The molecule has 1 atom stereocenters. The molecule has 1 N–H and O–H groups in total. The van der Waals surface area contributed by atoms with Crippen LogP contribution in [0, 0.1) is 5.92 Å². The second-order valence-electron chi connectivity index (χ2n) is 6.22. The number of hydrogen-bond acceptors (Lipinski definition) is 5. The number of aromatic nitrogens is 2. The van der Waals surface area contributed by atoms with E-state index in [1.165, 1.54) is 0 Å². The summed E-state index contributed by atoms with van der Waals surface area (Å²) >= 11 is 0. The number of rotatable bonds is 3. The van der Waals surface area contributed by atoms with Crippen molar-refractivity contribution in [3.05, 3.63) is 36.2 Å². The highest BCUT2D eigenvalue weighted by Gasteiger charge is 2.37. The van der Waals surface area contributed by atoms with Crippen LogP contribution >= 0.6 is 0 Å². The van der Waals surface area contributed by atoms with E-state index in [4.69, 9.17) is 4.52 Å². The molecule has 2 aromatic rings. The summed E-state index contributed by atoms with van der Waals surface area (Å²) in [6, 6.07) is 9.69. The molecule has 0 radical (unpaired) electrons. The van der Waals surface area contributed by atoms with Crippen LogP contribution in [0.15, 0.2) is 34.9 Å². The first-order chi connectivity index (χ1) is 11.3. The Labute approximate surface area is 134 Å². The van der Waals surface area contributed by atoms with Crippen molar-refractivity contribution in [1.29, 1.82) is 0 Å². The fraction of sp³-hybridized carbons (Fsp3) is 0.471. The monoisotopic (exact) mass is 312 g/mol. The lowest BCUT2D eigenvalue weighted by Crippen LogP contribution is -2.53. The van der Waals surface area contributed by atoms with Gasteiger partial charge in [-0.25, -0.2) is 0 Å². The molecule has 1 aromatic heterocycles. The number of nitrogens with zero attached hydrogens (tertiary/aromatic N) is 3. The first kappa shape index (κ1) is 14.4. The van der Waals surface area contributed by atoms with Crippen LogP contribution in [0.4, 0.5) is 0 Å². The number of nitrogens with one attached hydrogen (secondary N) is 1. The Kier molecular flexibility index (Phi) is 3.83. The molecule has 6 heteroatoms. The molecule has 0 spiro atoms. The lowest BCUT2D eigenvalue weighted by atomic mass is 9.96. The largest absolute Gasteiger partial charge is 0.337 e. The van der Waals surface area contributed by atoms with Crippen molar-refractivity contribution in [2.75, 3.05) is 19.6 Å². The van der Waals surface area contributed by atoms with Gasteiger partial charge in [0.05, 0.1) is 5.92 Å². The molecule has 2 fully saturated rings. The summed E-state index contributed by atoms with van der Waals surface area (Å²) in [6.07, 6.45) is 3.02. The summed E-state index contributed by atoms with van der Waals surface area (Å²) in [6.45, 7) is 2.34. The fourth-order valence-electron chi connectivity index (χ4n) is 3.22. The van der Waals surface area contributed by atoms with Crippen molar-refractivity contribution in [3.63, 3.8) is 0 Å². The summed E-state index contributed by atoms with van der Waals surface area (Å²) in [5.74, 6) is 1.47. The summed E-state index contributed by atoms with van der Waals surface area (Å²) < 4.78 is 5.50. The van der Waals surface area contributed by atoms with Crippen LogP contribution in [-0.2, 0) is 4.79 Å². The molecule has 0 aliphatic carbocycles. The topological polar surface area (TPSA) is 71.3 Å². The number of benzene rings is 1. The van der Waals surface area contributed by atoms with Crippen molar-refractivity contribution >= 4 is 5.91 Å². The van der Waals surface area contributed by atoms with Crippen LogP contribution in [0.1, 0.15) is 31.2 Å². The van der Waals surface area contributed by atoms with Gasteiger partial charge in [0.2, 0.25) is 17.6 Å². The molecule has 6 nitrogen and oxygen atoms in total. The molecule has 1 unspecified atom stereocenters. The zero-order chi connectivity index (χ0) is 15.6. The highest BCUT2D eigenvalue weighted by Crippen LogP contribution is 2.32. The number of piperidine rings is 1. The van der Waals surface area contributed by atoms with Gasteiger partial charge in [-0.15, -0.1) is 0 Å². The maximum absolute atomic E-state index is 12.6. The van der Waals surface area contributed by atoms with Gasteiger partial charge in [-0.3, -0.25) is 4.79 Å². The van der Waals surface area contributed by atoms with E-state index in [9.17, 15) is 4.79 Å². The van der Waals surface area contributed by atoms with E-state index in [0.29, 0.717) is 11.7 Å². The van der Waals surface area contributed by atoms with Crippen molar-refractivity contribution in [2.45, 2.75) is 25.3 Å². The highest BCUT2D eigenvalue weighted by atomic mass is 16.5. The number of amides is 1. The summed E-state index contributed by atoms with van der Waals surface area (Å²) in [4.78, 5) is 19.1. The van der Waals surface area contributed by atoms with Gasteiger partial charge in [0.1, 0.15) is 6.04 Å². The van der Waals surface area contributed by atoms with E-state index in [1.807, 2.05) is 35.2 Å². The Morgan fingerprint density at radius 1 is 1.22 bits per heavy atom. The predicted octanol–water partition coefficient (Wildman–Crippen LogP) is 2.01. The van der Waals surface area contributed by atoms with Crippen molar-refractivity contribution in [1.82, 2.24) is 20.4 Å². The second kappa shape index (κ2) is 6.12. The number of hydrogen-bond donors (Lipinski definition) is 1. The third-order valence-electron chi connectivity index (χ3n) is 4.68. The number of carbonyl (C=O) groups is 1. The minimum atomic E-state index is -0.0817. The van der Waals surface area contributed by atoms with Crippen molar-refractivity contribution < 1.29 is 9.32 Å². The Morgan fingerprint density at radius 2 is 2.04 bits per heavy atom. The minimum absolute atomic E-state index is 0.0817. The van der Waals surface area contributed by atoms with Gasteiger partial charge in [-0.05, 0) is 19.3 Å². The Balaban J connectivity index is 1.57. The summed E-state index contributed by atoms with van der Waals surface area (Å²) in [5, 5.41) is 7.26. The van der Waals surface area contributed by atoms with E-state index < -0.39 is 0 Å². The molecule has 23 heavy (non-hydrogen) atoms. The van der Waals surface area contributed by atoms with Gasteiger partial charge in [-0.1, -0.05) is 35.5 Å². The van der Waals surface area contributed by atoms with Crippen LogP contribution in [-0.4, -0.2) is 40.6 Å². The Hall–Kier alpha value is -2.21. The molecule has 0 saturated carbocycles. The van der Waals surface area contributed by atoms with E-state index in [0.717, 1.165) is 44.5 Å².